The van der Waals surface area contributed by atoms with Gasteiger partial charge in [0.25, 0.3) is 5.91 Å². The monoisotopic (exact) mass is 357 g/mol. The third-order valence-electron chi connectivity index (χ3n) is 2.99. The van der Waals surface area contributed by atoms with Gasteiger partial charge in [0, 0.05) is 0 Å². The maximum Gasteiger partial charge on any atom is 0.254 e. The van der Waals surface area contributed by atoms with E-state index in [-0.39, 0.29) is 10.0 Å². The van der Waals surface area contributed by atoms with Gasteiger partial charge in [0.1, 0.15) is 5.82 Å². The number of carbonyl (C=O) groups excluding carboxylic acids is 1. The number of rotatable bonds is 3. The zero-order valence-corrected chi connectivity index (χ0v) is 12.5. The fourth-order valence-corrected chi connectivity index (χ4v) is 2.22. The van der Waals surface area contributed by atoms with Crippen LogP contribution in [0.1, 0.15) is 28.9 Å². The molecule has 0 fully saturated rings. The first kappa shape index (κ1) is 15.6. The van der Waals surface area contributed by atoms with Crippen molar-refractivity contribution in [2.45, 2.75) is 13.0 Å². The number of hydrogen-bond acceptors (Lipinski definition) is 1. The maximum absolute atomic E-state index is 13.5. The average Bonchev–Trinajstić information content (AvgIpc) is 2.44. The molecule has 0 spiro atoms. The van der Waals surface area contributed by atoms with E-state index in [4.69, 9.17) is 0 Å². The van der Waals surface area contributed by atoms with Crippen molar-refractivity contribution in [2.24, 2.45) is 0 Å². The first-order chi connectivity index (χ1) is 9.90. The molecule has 0 aliphatic carbocycles. The van der Waals surface area contributed by atoms with E-state index in [2.05, 4.69) is 21.2 Å². The minimum Gasteiger partial charge on any atom is -0.345 e. The molecule has 1 N–H and O–H groups in total. The molecule has 1 atom stereocenters. The molecule has 1 amide bonds. The molecule has 0 heterocycles. The molecule has 2 nitrogen and oxygen atoms in total. The lowest BCUT2D eigenvalue weighted by molar-refractivity contribution is 0.0934. The Bertz CT molecular complexity index is 691. The highest BCUT2D eigenvalue weighted by Crippen LogP contribution is 2.22. The molecule has 110 valence electrons. The van der Waals surface area contributed by atoms with Gasteiger partial charge in [0.05, 0.1) is 16.1 Å². The van der Waals surface area contributed by atoms with Crippen LogP contribution in [-0.2, 0) is 0 Å². The van der Waals surface area contributed by atoms with Gasteiger partial charge in [-0.1, -0.05) is 12.1 Å². The van der Waals surface area contributed by atoms with Gasteiger partial charge in [-0.05, 0) is 52.7 Å². The Hall–Kier alpha value is -1.82. The van der Waals surface area contributed by atoms with Crippen LogP contribution in [-0.4, -0.2) is 5.91 Å². The van der Waals surface area contributed by atoms with E-state index in [1.807, 2.05) is 0 Å². The molecule has 2 rings (SSSR count). The Kier molecular flexibility index (Phi) is 4.67. The lowest BCUT2D eigenvalue weighted by atomic mass is 10.1. The summed E-state index contributed by atoms with van der Waals surface area (Å²) in [5.41, 5.74) is 0.261. The second-order valence-electron chi connectivity index (χ2n) is 4.47. The van der Waals surface area contributed by atoms with Gasteiger partial charge in [0.2, 0.25) is 0 Å². The highest BCUT2D eigenvalue weighted by molar-refractivity contribution is 9.10. The molecule has 0 unspecified atom stereocenters. The molecule has 0 aliphatic rings. The molecular formula is C15H11BrF3NO. The van der Waals surface area contributed by atoms with Crippen LogP contribution in [0.2, 0.25) is 0 Å². The van der Waals surface area contributed by atoms with Crippen LogP contribution in [0, 0.1) is 17.5 Å². The number of nitrogens with one attached hydrogen (secondary N) is 1. The summed E-state index contributed by atoms with van der Waals surface area (Å²) in [5, 5.41) is 2.54. The van der Waals surface area contributed by atoms with Crippen LogP contribution < -0.4 is 5.32 Å². The van der Waals surface area contributed by atoms with Crippen LogP contribution in [0.4, 0.5) is 13.2 Å². The molecule has 0 aromatic heterocycles. The van der Waals surface area contributed by atoms with Crippen LogP contribution >= 0.6 is 15.9 Å². The van der Waals surface area contributed by atoms with Crippen molar-refractivity contribution in [1.29, 1.82) is 0 Å². The lowest BCUT2D eigenvalue weighted by Crippen LogP contribution is -2.27. The second kappa shape index (κ2) is 6.30. The SMILES string of the molecule is C[C@@H](NC(=O)c1cccc(F)c1F)c1ccc(F)c(Br)c1. The first-order valence-electron chi connectivity index (χ1n) is 6.10. The normalized spacial score (nSPS) is 12.0. The van der Waals surface area contributed by atoms with E-state index in [9.17, 15) is 18.0 Å². The van der Waals surface area contributed by atoms with E-state index in [0.717, 1.165) is 6.07 Å². The standard InChI is InChI=1S/C15H11BrF3NO/c1-8(9-5-6-12(17)11(16)7-9)20-15(21)10-3-2-4-13(18)14(10)19/h2-8H,1H3,(H,20,21)/t8-/m1/s1. The summed E-state index contributed by atoms with van der Waals surface area (Å²) >= 11 is 3.05. The molecule has 0 aliphatic heterocycles. The van der Waals surface area contributed by atoms with Gasteiger partial charge in [0.15, 0.2) is 11.6 Å². The number of amides is 1. The zero-order chi connectivity index (χ0) is 15.6. The fourth-order valence-electron chi connectivity index (χ4n) is 1.82. The van der Waals surface area contributed by atoms with Crippen molar-refractivity contribution in [3.8, 4) is 0 Å². The summed E-state index contributed by atoms with van der Waals surface area (Å²) < 4.78 is 40.0. The Morgan fingerprint density at radius 2 is 1.86 bits per heavy atom. The predicted molar refractivity (Wildman–Crippen MR) is 76.3 cm³/mol. The number of benzene rings is 2. The lowest BCUT2D eigenvalue weighted by Gasteiger charge is -2.15. The molecule has 0 radical (unpaired) electrons. The van der Waals surface area contributed by atoms with Crippen molar-refractivity contribution in [2.75, 3.05) is 0 Å². The maximum atomic E-state index is 13.5. The average molecular weight is 358 g/mol. The van der Waals surface area contributed by atoms with Crippen molar-refractivity contribution in [3.05, 3.63) is 69.4 Å². The van der Waals surface area contributed by atoms with Crippen LogP contribution in [0.3, 0.4) is 0 Å². The minimum absolute atomic E-state index is 0.262. The molecule has 0 saturated carbocycles. The fraction of sp³-hybridized carbons (Fsp3) is 0.133. The Balaban J connectivity index is 2.18. The van der Waals surface area contributed by atoms with Crippen LogP contribution in [0.25, 0.3) is 0 Å². The smallest absolute Gasteiger partial charge is 0.254 e. The predicted octanol–water partition coefficient (Wildman–Crippen LogP) is 4.36. The quantitative estimate of drug-likeness (QED) is 0.868. The topological polar surface area (TPSA) is 29.1 Å². The van der Waals surface area contributed by atoms with Crippen molar-refractivity contribution < 1.29 is 18.0 Å². The second-order valence-corrected chi connectivity index (χ2v) is 5.32. The van der Waals surface area contributed by atoms with E-state index < -0.39 is 29.4 Å². The summed E-state index contributed by atoms with van der Waals surface area (Å²) in [6.07, 6.45) is 0. The number of halogens is 4. The van der Waals surface area contributed by atoms with Crippen molar-refractivity contribution in [1.82, 2.24) is 5.32 Å². The first-order valence-corrected chi connectivity index (χ1v) is 6.89. The molecule has 21 heavy (non-hydrogen) atoms. The summed E-state index contributed by atoms with van der Waals surface area (Å²) in [4.78, 5) is 11.9. The van der Waals surface area contributed by atoms with E-state index in [1.165, 1.54) is 30.3 Å². The van der Waals surface area contributed by atoms with Crippen molar-refractivity contribution >= 4 is 21.8 Å². The van der Waals surface area contributed by atoms with Gasteiger partial charge in [-0.2, -0.15) is 0 Å². The highest BCUT2D eigenvalue weighted by Gasteiger charge is 2.17. The minimum atomic E-state index is -1.19. The summed E-state index contributed by atoms with van der Waals surface area (Å²) in [5.74, 6) is -3.43. The van der Waals surface area contributed by atoms with E-state index in [1.54, 1.807) is 6.92 Å². The van der Waals surface area contributed by atoms with Crippen LogP contribution in [0.15, 0.2) is 40.9 Å². The molecule has 0 bridgehead atoms. The van der Waals surface area contributed by atoms with Gasteiger partial charge in [-0.15, -0.1) is 0 Å². The summed E-state index contributed by atoms with van der Waals surface area (Å²) in [6, 6.07) is 7.18. The summed E-state index contributed by atoms with van der Waals surface area (Å²) in [6.45, 7) is 1.66. The third kappa shape index (κ3) is 3.44. The molecule has 2 aromatic rings. The molecular weight excluding hydrogens is 347 g/mol. The molecule has 6 heteroatoms. The third-order valence-corrected chi connectivity index (χ3v) is 3.60. The van der Waals surface area contributed by atoms with E-state index >= 15 is 0 Å². The number of hydrogen-bond donors (Lipinski definition) is 1. The van der Waals surface area contributed by atoms with Crippen LogP contribution in [0.5, 0.6) is 0 Å². The van der Waals surface area contributed by atoms with E-state index in [0.29, 0.717) is 5.56 Å². The van der Waals surface area contributed by atoms with Gasteiger partial charge >= 0.3 is 0 Å². The molecule has 0 saturated heterocycles. The Morgan fingerprint density at radius 1 is 1.14 bits per heavy atom. The zero-order valence-electron chi connectivity index (χ0n) is 11.0. The highest BCUT2D eigenvalue weighted by atomic mass is 79.9. The van der Waals surface area contributed by atoms with Gasteiger partial charge < -0.3 is 5.32 Å². The Labute approximate surface area is 128 Å². The number of carbonyl (C=O) groups is 1. The van der Waals surface area contributed by atoms with Gasteiger partial charge in [-0.25, -0.2) is 13.2 Å². The summed E-state index contributed by atoms with van der Waals surface area (Å²) in [7, 11) is 0. The van der Waals surface area contributed by atoms with Crippen molar-refractivity contribution in [3.63, 3.8) is 0 Å². The Morgan fingerprint density at radius 3 is 2.52 bits per heavy atom. The van der Waals surface area contributed by atoms with Gasteiger partial charge in [-0.3, -0.25) is 4.79 Å². The largest absolute Gasteiger partial charge is 0.345 e. The molecule has 2 aromatic carbocycles.